The number of hydrogen-bond acceptors (Lipinski definition) is 5. The van der Waals surface area contributed by atoms with E-state index in [0.717, 1.165) is 0 Å². The van der Waals surface area contributed by atoms with E-state index in [9.17, 15) is 4.79 Å². The first-order valence-electron chi connectivity index (χ1n) is 5.93. The van der Waals surface area contributed by atoms with Crippen LogP contribution in [0.5, 0.6) is 0 Å². The molecule has 110 valence electrons. The first kappa shape index (κ1) is 15.8. The normalized spacial score (nSPS) is 10.3. The van der Waals surface area contributed by atoms with Crippen LogP contribution in [0.4, 0.5) is 11.5 Å². The summed E-state index contributed by atoms with van der Waals surface area (Å²) in [5, 5.41) is 3.80. The Morgan fingerprint density at radius 1 is 1.33 bits per heavy atom. The van der Waals surface area contributed by atoms with Gasteiger partial charge in [0.05, 0.1) is 17.3 Å². The monoisotopic (exact) mass is 345 g/mol. The van der Waals surface area contributed by atoms with E-state index in [1.807, 2.05) is 0 Å². The number of benzene rings is 1. The first-order valence-corrected chi connectivity index (χ1v) is 7.06. The molecule has 2 aromatic rings. The van der Waals surface area contributed by atoms with Crippen LogP contribution in [0.25, 0.3) is 0 Å². The molecule has 1 aromatic carbocycles. The molecule has 1 heterocycles. The summed E-state index contributed by atoms with van der Waals surface area (Å²) in [7, 11) is 0. The van der Waals surface area contributed by atoms with Gasteiger partial charge in [-0.2, -0.15) is 4.98 Å². The Labute approximate surface area is 136 Å². The van der Waals surface area contributed by atoms with Crippen LogP contribution in [0.2, 0.25) is 15.3 Å². The quantitative estimate of drug-likeness (QED) is 0.658. The van der Waals surface area contributed by atoms with Gasteiger partial charge in [-0.15, -0.1) is 0 Å². The average molecular weight is 347 g/mol. The Kier molecular flexibility index (Phi) is 5.22. The molecule has 0 amide bonds. The van der Waals surface area contributed by atoms with Crippen LogP contribution < -0.4 is 5.32 Å². The van der Waals surface area contributed by atoms with Gasteiger partial charge in [-0.05, 0) is 36.7 Å². The molecule has 0 bridgehead atoms. The number of rotatable bonds is 4. The Morgan fingerprint density at radius 2 is 2.10 bits per heavy atom. The Morgan fingerprint density at radius 3 is 2.76 bits per heavy atom. The molecule has 21 heavy (non-hydrogen) atoms. The fourth-order valence-corrected chi connectivity index (χ4v) is 2.12. The molecule has 0 fully saturated rings. The first-order chi connectivity index (χ1) is 10.0. The minimum Gasteiger partial charge on any atom is -0.462 e. The SMILES string of the molecule is CCOC(=O)c1cnc(Cl)nc1Nc1ccc(Cl)cc1Cl. The molecule has 0 unspecified atom stereocenters. The third-order valence-electron chi connectivity index (χ3n) is 2.44. The maximum atomic E-state index is 11.9. The molecule has 8 heteroatoms. The number of nitrogens with zero attached hydrogens (tertiary/aromatic N) is 2. The smallest absolute Gasteiger partial charge is 0.343 e. The molecule has 0 saturated carbocycles. The average Bonchev–Trinajstić information content (AvgIpc) is 2.42. The van der Waals surface area contributed by atoms with Gasteiger partial charge in [0, 0.05) is 11.2 Å². The predicted octanol–water partition coefficient (Wildman–Crippen LogP) is 4.36. The molecule has 0 aliphatic carbocycles. The highest BCUT2D eigenvalue weighted by Gasteiger charge is 2.16. The van der Waals surface area contributed by atoms with Crippen molar-refractivity contribution in [3.05, 3.63) is 45.3 Å². The minimum atomic E-state index is -0.554. The molecule has 0 spiro atoms. The van der Waals surface area contributed by atoms with Crippen molar-refractivity contribution in [1.29, 1.82) is 0 Å². The minimum absolute atomic E-state index is 0.00404. The van der Waals surface area contributed by atoms with Crippen molar-refractivity contribution in [1.82, 2.24) is 9.97 Å². The summed E-state index contributed by atoms with van der Waals surface area (Å²) in [6.45, 7) is 1.94. The number of nitrogens with one attached hydrogen (secondary N) is 1. The standard InChI is InChI=1S/C13H10Cl3N3O2/c1-2-21-12(20)8-6-17-13(16)19-11(8)18-10-4-3-7(14)5-9(10)15/h3-6H,2H2,1H3,(H,17,18,19). The second-order valence-corrected chi connectivity index (χ2v) is 5.05. The van der Waals surface area contributed by atoms with Gasteiger partial charge >= 0.3 is 5.97 Å². The Bertz CT molecular complexity index is 680. The second kappa shape index (κ2) is 6.93. The zero-order valence-electron chi connectivity index (χ0n) is 10.9. The van der Waals surface area contributed by atoms with Crippen molar-refractivity contribution in [3.63, 3.8) is 0 Å². The number of ether oxygens (including phenoxy) is 1. The second-order valence-electron chi connectivity index (χ2n) is 3.87. The fourth-order valence-electron chi connectivity index (χ4n) is 1.53. The molecule has 0 saturated heterocycles. The van der Waals surface area contributed by atoms with Gasteiger partial charge < -0.3 is 10.1 Å². The van der Waals surface area contributed by atoms with E-state index in [1.54, 1.807) is 25.1 Å². The summed E-state index contributed by atoms with van der Waals surface area (Å²) in [5.74, 6) is -0.348. The molecule has 1 N–H and O–H groups in total. The number of anilines is 2. The molecule has 0 aliphatic rings. The molecule has 2 rings (SSSR count). The topological polar surface area (TPSA) is 64.1 Å². The van der Waals surface area contributed by atoms with Crippen LogP contribution in [-0.4, -0.2) is 22.5 Å². The maximum absolute atomic E-state index is 11.9. The van der Waals surface area contributed by atoms with E-state index in [2.05, 4.69) is 15.3 Å². The summed E-state index contributed by atoms with van der Waals surface area (Å²) in [6, 6.07) is 4.89. The van der Waals surface area contributed by atoms with Gasteiger partial charge in [0.1, 0.15) is 11.4 Å². The fraction of sp³-hybridized carbons (Fsp3) is 0.154. The number of carbonyl (C=O) groups excluding carboxylic acids is 1. The van der Waals surface area contributed by atoms with E-state index in [-0.39, 0.29) is 23.3 Å². The number of carbonyl (C=O) groups is 1. The molecule has 1 aromatic heterocycles. The summed E-state index contributed by atoms with van der Waals surface area (Å²) >= 11 is 17.7. The summed E-state index contributed by atoms with van der Waals surface area (Å²) in [6.07, 6.45) is 1.29. The van der Waals surface area contributed by atoms with Crippen molar-refractivity contribution >= 4 is 52.3 Å². The van der Waals surface area contributed by atoms with Crippen molar-refractivity contribution in [2.24, 2.45) is 0 Å². The number of aromatic nitrogens is 2. The molecular weight excluding hydrogens is 337 g/mol. The number of halogens is 3. The van der Waals surface area contributed by atoms with E-state index < -0.39 is 5.97 Å². The zero-order chi connectivity index (χ0) is 15.4. The number of esters is 1. The van der Waals surface area contributed by atoms with Crippen LogP contribution in [0.1, 0.15) is 17.3 Å². The lowest BCUT2D eigenvalue weighted by molar-refractivity contribution is 0.0526. The van der Waals surface area contributed by atoms with Crippen LogP contribution >= 0.6 is 34.8 Å². The predicted molar refractivity (Wildman–Crippen MR) is 82.7 cm³/mol. The van der Waals surface area contributed by atoms with Gasteiger partial charge in [0.2, 0.25) is 5.28 Å². The lowest BCUT2D eigenvalue weighted by atomic mass is 10.2. The highest BCUT2D eigenvalue weighted by atomic mass is 35.5. The van der Waals surface area contributed by atoms with Crippen LogP contribution in [-0.2, 0) is 4.74 Å². The molecule has 0 aliphatic heterocycles. The highest BCUT2D eigenvalue weighted by Crippen LogP contribution is 2.29. The van der Waals surface area contributed by atoms with Crippen molar-refractivity contribution < 1.29 is 9.53 Å². The summed E-state index contributed by atoms with van der Waals surface area (Å²) in [4.78, 5) is 19.6. The van der Waals surface area contributed by atoms with E-state index in [1.165, 1.54) is 6.20 Å². The third kappa shape index (κ3) is 3.97. The lowest BCUT2D eigenvalue weighted by Crippen LogP contribution is -2.10. The Hall–Kier alpha value is -1.56. The third-order valence-corrected chi connectivity index (χ3v) is 3.17. The van der Waals surface area contributed by atoms with Crippen molar-refractivity contribution in [2.75, 3.05) is 11.9 Å². The van der Waals surface area contributed by atoms with Gasteiger partial charge in [0.15, 0.2) is 0 Å². The molecule has 0 radical (unpaired) electrons. The molecule has 0 atom stereocenters. The highest BCUT2D eigenvalue weighted by molar-refractivity contribution is 6.36. The lowest BCUT2D eigenvalue weighted by Gasteiger charge is -2.11. The van der Waals surface area contributed by atoms with Crippen molar-refractivity contribution in [2.45, 2.75) is 6.92 Å². The van der Waals surface area contributed by atoms with E-state index in [0.29, 0.717) is 15.7 Å². The van der Waals surface area contributed by atoms with E-state index in [4.69, 9.17) is 39.5 Å². The largest absolute Gasteiger partial charge is 0.462 e. The Balaban J connectivity index is 2.38. The molecular formula is C13H10Cl3N3O2. The van der Waals surface area contributed by atoms with Gasteiger partial charge in [-0.1, -0.05) is 23.2 Å². The van der Waals surface area contributed by atoms with E-state index >= 15 is 0 Å². The maximum Gasteiger partial charge on any atom is 0.343 e. The van der Waals surface area contributed by atoms with Gasteiger partial charge in [-0.3, -0.25) is 0 Å². The van der Waals surface area contributed by atoms with Gasteiger partial charge in [-0.25, -0.2) is 9.78 Å². The van der Waals surface area contributed by atoms with Crippen LogP contribution in [0, 0.1) is 0 Å². The molecule has 5 nitrogen and oxygen atoms in total. The van der Waals surface area contributed by atoms with Gasteiger partial charge in [0.25, 0.3) is 0 Å². The number of hydrogen-bond donors (Lipinski definition) is 1. The van der Waals surface area contributed by atoms with Crippen LogP contribution in [0.3, 0.4) is 0 Å². The summed E-state index contributed by atoms with van der Waals surface area (Å²) in [5.41, 5.74) is 0.689. The van der Waals surface area contributed by atoms with Crippen molar-refractivity contribution in [3.8, 4) is 0 Å². The van der Waals surface area contributed by atoms with Crippen LogP contribution in [0.15, 0.2) is 24.4 Å². The zero-order valence-corrected chi connectivity index (χ0v) is 13.1. The summed E-state index contributed by atoms with van der Waals surface area (Å²) < 4.78 is 4.94.